The topological polar surface area (TPSA) is 44.8 Å². The summed E-state index contributed by atoms with van der Waals surface area (Å²) in [5.74, 6) is 0.172. The van der Waals surface area contributed by atoms with Gasteiger partial charge in [0.05, 0.1) is 17.0 Å². The summed E-state index contributed by atoms with van der Waals surface area (Å²) in [5.41, 5.74) is 0. The van der Waals surface area contributed by atoms with Gasteiger partial charge in [-0.1, -0.05) is 11.6 Å². The molecule has 3 heterocycles. The maximum atomic E-state index is 12.6. The van der Waals surface area contributed by atoms with Crippen LogP contribution >= 0.6 is 47.8 Å². The molecule has 9 heteroatoms. The summed E-state index contributed by atoms with van der Waals surface area (Å²) in [5, 5.41) is 3.28. The van der Waals surface area contributed by atoms with Gasteiger partial charge in [0.25, 0.3) is 0 Å². The van der Waals surface area contributed by atoms with Crippen molar-refractivity contribution in [1.29, 1.82) is 0 Å². The van der Waals surface area contributed by atoms with E-state index in [-0.39, 0.29) is 42.9 Å². The summed E-state index contributed by atoms with van der Waals surface area (Å²) in [6.07, 6.45) is -0.0486. The number of rotatable bonds is 3. The van der Waals surface area contributed by atoms with Crippen LogP contribution in [-0.2, 0) is 16.1 Å². The van der Waals surface area contributed by atoms with Gasteiger partial charge in [0.15, 0.2) is 0 Å². The summed E-state index contributed by atoms with van der Waals surface area (Å²) in [6, 6.07) is 3.82. The van der Waals surface area contributed by atoms with Gasteiger partial charge >= 0.3 is 0 Å². The lowest BCUT2D eigenvalue weighted by Gasteiger charge is -2.38. The number of carbonyl (C=O) groups is 1. The third-order valence-electron chi connectivity index (χ3n) is 4.27. The van der Waals surface area contributed by atoms with E-state index >= 15 is 0 Å². The molecule has 2 aliphatic heterocycles. The number of morpholine rings is 1. The molecule has 138 valence electrons. The molecule has 3 rings (SSSR count). The number of nitrogens with one attached hydrogen (secondary N) is 1. The molecular weight excluding hydrogens is 393 g/mol. The Kier molecular flexibility index (Phi) is 9.30. The van der Waals surface area contributed by atoms with Crippen LogP contribution in [0.3, 0.4) is 0 Å². The quantitative estimate of drug-likeness (QED) is 0.821. The zero-order valence-electron chi connectivity index (χ0n) is 13.6. The van der Waals surface area contributed by atoms with Crippen LogP contribution in [-0.4, -0.2) is 67.2 Å². The lowest BCUT2D eigenvalue weighted by Crippen LogP contribution is -2.59. The number of ether oxygens (including phenoxy) is 1. The molecule has 2 fully saturated rings. The molecule has 1 aromatic rings. The maximum absolute atomic E-state index is 12.6. The minimum atomic E-state index is -0.198. The Hall–Kier alpha value is -0.0800. The van der Waals surface area contributed by atoms with Gasteiger partial charge in [0.1, 0.15) is 6.04 Å². The Morgan fingerprint density at radius 3 is 2.62 bits per heavy atom. The summed E-state index contributed by atoms with van der Waals surface area (Å²) in [6.45, 7) is 7.69. The summed E-state index contributed by atoms with van der Waals surface area (Å²) < 4.78 is 6.41. The predicted octanol–water partition coefficient (Wildman–Crippen LogP) is 2.27. The van der Waals surface area contributed by atoms with Crippen molar-refractivity contribution in [3.8, 4) is 0 Å². The second kappa shape index (κ2) is 10.2. The minimum Gasteiger partial charge on any atom is -0.375 e. The highest BCUT2D eigenvalue weighted by atomic mass is 35.5. The number of piperazine rings is 1. The number of hydrogen-bond acceptors (Lipinski definition) is 5. The van der Waals surface area contributed by atoms with Crippen LogP contribution in [0.15, 0.2) is 12.1 Å². The van der Waals surface area contributed by atoms with Gasteiger partial charge in [-0.3, -0.25) is 9.69 Å². The van der Waals surface area contributed by atoms with Crippen molar-refractivity contribution in [1.82, 2.24) is 15.1 Å². The van der Waals surface area contributed by atoms with E-state index in [0.29, 0.717) is 6.61 Å². The molecule has 0 radical (unpaired) electrons. The Bertz CT molecular complexity index is 524. The highest BCUT2D eigenvalue weighted by Crippen LogP contribution is 2.23. The van der Waals surface area contributed by atoms with Gasteiger partial charge in [-0.25, -0.2) is 0 Å². The Balaban J connectivity index is 0.00000144. The van der Waals surface area contributed by atoms with Crippen molar-refractivity contribution in [2.24, 2.45) is 0 Å². The first kappa shape index (κ1) is 22.0. The van der Waals surface area contributed by atoms with Crippen molar-refractivity contribution >= 4 is 53.7 Å². The van der Waals surface area contributed by atoms with Crippen LogP contribution in [0, 0.1) is 0 Å². The molecule has 0 aromatic carbocycles. The van der Waals surface area contributed by atoms with Gasteiger partial charge in [-0.2, -0.15) is 0 Å². The minimum absolute atomic E-state index is 0. The standard InChI is InChI=1S/C15H22ClN3O2S.2ClH/c1-11-14(17-4-9-21-11)15(20)19-7-5-18(6-8-19)10-12-2-3-13(16)22-12;;/h2-3,11,14,17H,4-10H2,1H3;2*1H/t11-,14+;;/m1../s1. The van der Waals surface area contributed by atoms with E-state index in [9.17, 15) is 4.79 Å². The molecule has 0 saturated carbocycles. The van der Waals surface area contributed by atoms with Crippen molar-refractivity contribution in [2.45, 2.75) is 25.6 Å². The molecule has 0 spiro atoms. The lowest BCUT2D eigenvalue weighted by atomic mass is 10.1. The molecule has 2 aliphatic rings. The van der Waals surface area contributed by atoms with E-state index in [4.69, 9.17) is 16.3 Å². The van der Waals surface area contributed by atoms with Crippen LogP contribution in [0.25, 0.3) is 0 Å². The largest absolute Gasteiger partial charge is 0.375 e. The Labute approximate surface area is 164 Å². The second-order valence-electron chi connectivity index (χ2n) is 5.81. The fourth-order valence-corrected chi connectivity index (χ4v) is 4.12. The maximum Gasteiger partial charge on any atom is 0.242 e. The smallest absolute Gasteiger partial charge is 0.242 e. The summed E-state index contributed by atoms with van der Waals surface area (Å²) in [7, 11) is 0. The van der Waals surface area contributed by atoms with E-state index in [2.05, 4.69) is 16.3 Å². The van der Waals surface area contributed by atoms with Gasteiger partial charge < -0.3 is 15.0 Å². The van der Waals surface area contributed by atoms with Gasteiger partial charge in [-0.15, -0.1) is 36.2 Å². The summed E-state index contributed by atoms with van der Waals surface area (Å²) >= 11 is 7.60. The number of thiophene rings is 1. The van der Waals surface area contributed by atoms with Crippen LogP contribution in [0.5, 0.6) is 0 Å². The molecule has 0 unspecified atom stereocenters. The number of hydrogen-bond donors (Lipinski definition) is 1. The average Bonchev–Trinajstić information content (AvgIpc) is 2.93. The number of carbonyl (C=O) groups excluding carboxylic acids is 1. The zero-order chi connectivity index (χ0) is 15.5. The monoisotopic (exact) mass is 415 g/mol. The number of halogens is 3. The van der Waals surface area contributed by atoms with E-state index in [1.807, 2.05) is 17.9 Å². The molecule has 1 aromatic heterocycles. The van der Waals surface area contributed by atoms with E-state index in [1.54, 1.807) is 11.3 Å². The van der Waals surface area contributed by atoms with Crippen molar-refractivity contribution in [3.05, 3.63) is 21.3 Å². The molecule has 0 aliphatic carbocycles. The van der Waals surface area contributed by atoms with Gasteiger partial charge in [0, 0.05) is 44.1 Å². The molecule has 24 heavy (non-hydrogen) atoms. The first-order chi connectivity index (χ1) is 10.6. The number of nitrogens with zero attached hydrogens (tertiary/aromatic N) is 2. The Morgan fingerprint density at radius 2 is 2.04 bits per heavy atom. The molecule has 5 nitrogen and oxygen atoms in total. The average molecular weight is 417 g/mol. The highest BCUT2D eigenvalue weighted by Gasteiger charge is 2.33. The summed E-state index contributed by atoms with van der Waals surface area (Å²) in [4.78, 5) is 18.2. The van der Waals surface area contributed by atoms with Crippen molar-refractivity contribution in [3.63, 3.8) is 0 Å². The fourth-order valence-electron chi connectivity index (χ4n) is 2.99. The lowest BCUT2D eigenvalue weighted by molar-refractivity contribution is -0.141. The fraction of sp³-hybridized carbons (Fsp3) is 0.667. The van der Waals surface area contributed by atoms with Crippen LogP contribution in [0.4, 0.5) is 0 Å². The van der Waals surface area contributed by atoms with Crippen LogP contribution in [0.2, 0.25) is 4.34 Å². The van der Waals surface area contributed by atoms with Crippen molar-refractivity contribution < 1.29 is 9.53 Å². The molecular formula is C15H24Cl3N3O2S. The van der Waals surface area contributed by atoms with Crippen molar-refractivity contribution in [2.75, 3.05) is 39.3 Å². The molecule has 2 saturated heterocycles. The van der Waals surface area contributed by atoms with Gasteiger partial charge in [-0.05, 0) is 19.1 Å². The molecule has 2 atom stereocenters. The predicted molar refractivity (Wildman–Crippen MR) is 103 cm³/mol. The third kappa shape index (κ3) is 5.46. The van der Waals surface area contributed by atoms with E-state index in [0.717, 1.165) is 43.6 Å². The zero-order valence-corrected chi connectivity index (χ0v) is 16.8. The van der Waals surface area contributed by atoms with E-state index < -0.39 is 0 Å². The first-order valence-electron chi connectivity index (χ1n) is 7.74. The highest BCUT2D eigenvalue weighted by molar-refractivity contribution is 7.16. The first-order valence-corrected chi connectivity index (χ1v) is 8.93. The van der Waals surface area contributed by atoms with E-state index in [1.165, 1.54) is 4.88 Å². The Morgan fingerprint density at radius 1 is 1.33 bits per heavy atom. The van der Waals surface area contributed by atoms with Crippen LogP contribution in [0.1, 0.15) is 11.8 Å². The molecule has 1 N–H and O–H groups in total. The van der Waals surface area contributed by atoms with Crippen LogP contribution < -0.4 is 5.32 Å². The third-order valence-corrected chi connectivity index (χ3v) is 5.49. The normalized spacial score (nSPS) is 24.8. The molecule has 0 bridgehead atoms. The second-order valence-corrected chi connectivity index (χ2v) is 7.61. The van der Waals surface area contributed by atoms with Gasteiger partial charge in [0.2, 0.25) is 5.91 Å². The SMILES string of the molecule is C[C@H]1OCCN[C@@H]1C(=O)N1CCN(Cc2ccc(Cl)s2)CC1.Cl.Cl. The number of amides is 1. The molecule has 1 amide bonds.